The fraction of sp³-hybridized carbons (Fsp3) is 0.200. The van der Waals surface area contributed by atoms with E-state index in [-0.39, 0.29) is 17.0 Å². The van der Waals surface area contributed by atoms with Crippen LogP contribution in [0.3, 0.4) is 0 Å². The van der Waals surface area contributed by atoms with Crippen LogP contribution in [0.1, 0.15) is 15.9 Å². The number of sulfonamides is 1. The molecule has 0 amide bonds. The Balaban J connectivity index is 1.58. The highest BCUT2D eigenvalue weighted by atomic mass is 32.2. The van der Waals surface area contributed by atoms with Gasteiger partial charge in [0.1, 0.15) is 0 Å². The monoisotopic (exact) mass is 448 g/mol. The van der Waals surface area contributed by atoms with Gasteiger partial charge in [-0.1, -0.05) is 48.2 Å². The van der Waals surface area contributed by atoms with E-state index in [9.17, 15) is 13.2 Å². The molecule has 0 saturated carbocycles. The molecular weight excluding hydrogens is 428 g/mol. The molecule has 1 aromatic heterocycles. The predicted molar refractivity (Wildman–Crippen MR) is 116 cm³/mol. The molecule has 0 unspecified atom stereocenters. The normalized spacial score (nSPS) is 11.4. The average molecular weight is 449 g/mol. The van der Waals surface area contributed by atoms with Crippen LogP contribution in [0.4, 0.5) is 0 Å². The number of thioether (sulfide) groups is 1. The number of rotatable bonds is 8. The number of aromatic nitrogens is 1. The molecule has 1 N–H and O–H groups in total. The highest BCUT2D eigenvalue weighted by Crippen LogP contribution is 2.28. The minimum atomic E-state index is -3.72. The molecule has 0 saturated heterocycles. The maximum atomic E-state index is 12.5. The Morgan fingerprint density at radius 1 is 1.21 bits per heavy atom. The van der Waals surface area contributed by atoms with E-state index in [0.717, 1.165) is 15.6 Å². The molecule has 1 heterocycles. The highest BCUT2D eigenvalue weighted by Gasteiger charge is 2.18. The summed E-state index contributed by atoms with van der Waals surface area (Å²) in [6, 6.07) is 14.3. The van der Waals surface area contributed by atoms with E-state index in [1.807, 2.05) is 35.7 Å². The van der Waals surface area contributed by atoms with E-state index in [1.165, 1.54) is 42.3 Å². The van der Waals surface area contributed by atoms with Gasteiger partial charge in [-0.25, -0.2) is 22.9 Å². The van der Waals surface area contributed by atoms with Gasteiger partial charge in [-0.05, 0) is 24.6 Å². The maximum Gasteiger partial charge on any atom is 0.338 e. The van der Waals surface area contributed by atoms with Gasteiger partial charge in [-0.2, -0.15) is 0 Å². The summed E-state index contributed by atoms with van der Waals surface area (Å²) in [7, 11) is -2.46. The van der Waals surface area contributed by atoms with Gasteiger partial charge in [0.05, 0.1) is 23.3 Å². The lowest BCUT2D eigenvalue weighted by atomic mass is 10.1. The molecule has 0 radical (unpaired) electrons. The van der Waals surface area contributed by atoms with Crippen molar-refractivity contribution in [3.63, 3.8) is 0 Å². The zero-order valence-electron chi connectivity index (χ0n) is 15.9. The molecule has 3 aromatic rings. The molecule has 0 atom stereocenters. The molecule has 0 spiro atoms. The summed E-state index contributed by atoms with van der Waals surface area (Å²) in [5.74, 6) is -0.0236. The van der Waals surface area contributed by atoms with Crippen molar-refractivity contribution in [1.29, 1.82) is 0 Å². The minimum Gasteiger partial charge on any atom is -0.465 e. The van der Waals surface area contributed by atoms with E-state index in [4.69, 9.17) is 4.74 Å². The van der Waals surface area contributed by atoms with Gasteiger partial charge in [0.2, 0.25) is 10.0 Å². The lowest BCUT2D eigenvalue weighted by molar-refractivity contribution is 0.0599. The largest absolute Gasteiger partial charge is 0.465 e. The fourth-order valence-electron chi connectivity index (χ4n) is 2.56. The van der Waals surface area contributed by atoms with Crippen LogP contribution in [0.15, 0.2) is 63.1 Å². The molecule has 0 aliphatic carbocycles. The quantitative estimate of drug-likeness (QED) is 0.319. The predicted octanol–water partition coefficient (Wildman–Crippen LogP) is 3.98. The number of carbonyl (C=O) groups excluding carboxylic acids is 1. The summed E-state index contributed by atoms with van der Waals surface area (Å²) in [5.41, 5.74) is 2.86. The second kappa shape index (κ2) is 9.53. The van der Waals surface area contributed by atoms with Gasteiger partial charge in [-0.15, -0.1) is 11.3 Å². The van der Waals surface area contributed by atoms with Gasteiger partial charge in [0, 0.05) is 23.2 Å². The topological polar surface area (TPSA) is 85.4 Å². The second-order valence-electron chi connectivity index (χ2n) is 6.08. The van der Waals surface area contributed by atoms with Gasteiger partial charge >= 0.3 is 5.97 Å². The van der Waals surface area contributed by atoms with Crippen molar-refractivity contribution >= 4 is 39.1 Å². The number of benzene rings is 2. The molecule has 0 aliphatic heterocycles. The van der Waals surface area contributed by atoms with E-state index in [1.54, 1.807) is 13.0 Å². The third kappa shape index (κ3) is 5.45. The van der Waals surface area contributed by atoms with Crippen LogP contribution in [0.5, 0.6) is 0 Å². The van der Waals surface area contributed by atoms with Gasteiger partial charge in [0.15, 0.2) is 4.34 Å². The Hall–Kier alpha value is -2.20. The molecular formula is C20H20N2O4S3. The summed E-state index contributed by atoms with van der Waals surface area (Å²) in [5, 5.41) is 1.99. The van der Waals surface area contributed by atoms with E-state index >= 15 is 0 Å². The summed E-state index contributed by atoms with van der Waals surface area (Å²) < 4.78 is 33.2. The van der Waals surface area contributed by atoms with Gasteiger partial charge in [-0.3, -0.25) is 0 Å². The highest BCUT2D eigenvalue weighted by molar-refractivity contribution is 8.01. The van der Waals surface area contributed by atoms with Crippen molar-refractivity contribution < 1.29 is 17.9 Å². The maximum absolute atomic E-state index is 12.5. The van der Waals surface area contributed by atoms with E-state index in [0.29, 0.717) is 11.3 Å². The third-order valence-electron chi connectivity index (χ3n) is 4.10. The van der Waals surface area contributed by atoms with Crippen molar-refractivity contribution in [2.24, 2.45) is 0 Å². The fourth-order valence-corrected chi connectivity index (χ4v) is 5.51. The first-order chi connectivity index (χ1) is 13.9. The first-order valence-electron chi connectivity index (χ1n) is 8.73. The number of aryl methyl sites for hydroxylation is 1. The zero-order chi connectivity index (χ0) is 20.9. The lowest BCUT2D eigenvalue weighted by Crippen LogP contribution is -2.26. The summed E-state index contributed by atoms with van der Waals surface area (Å²) in [6.45, 7) is 1.97. The summed E-state index contributed by atoms with van der Waals surface area (Å²) in [6.07, 6.45) is 0. The van der Waals surface area contributed by atoms with Crippen LogP contribution in [0, 0.1) is 6.92 Å². The van der Waals surface area contributed by atoms with Crippen LogP contribution < -0.4 is 4.72 Å². The Morgan fingerprint density at radius 3 is 2.69 bits per heavy atom. The molecule has 6 nitrogen and oxygen atoms in total. The average Bonchev–Trinajstić information content (AvgIpc) is 3.20. The van der Waals surface area contributed by atoms with E-state index in [2.05, 4.69) is 9.71 Å². The molecule has 0 bridgehead atoms. The number of methoxy groups -OCH3 is 1. The van der Waals surface area contributed by atoms with Crippen LogP contribution in [0.25, 0.3) is 11.3 Å². The van der Waals surface area contributed by atoms with Crippen molar-refractivity contribution in [2.45, 2.75) is 16.2 Å². The van der Waals surface area contributed by atoms with Crippen LogP contribution in [0.2, 0.25) is 0 Å². The lowest BCUT2D eigenvalue weighted by Gasteiger charge is -2.09. The molecule has 2 aromatic carbocycles. The Kier molecular flexibility index (Phi) is 7.07. The Bertz CT molecular complexity index is 1100. The SMILES string of the molecule is COC(=O)c1cc(S(=O)(=O)NCCSc2nc(-c3ccccc3)cs2)ccc1C. The van der Waals surface area contributed by atoms with Crippen LogP contribution in [-0.4, -0.2) is 38.8 Å². The van der Waals surface area contributed by atoms with Crippen molar-refractivity contribution in [3.05, 3.63) is 65.0 Å². The van der Waals surface area contributed by atoms with Crippen molar-refractivity contribution in [3.8, 4) is 11.3 Å². The number of carbonyl (C=O) groups is 1. The molecule has 9 heteroatoms. The summed E-state index contributed by atoms with van der Waals surface area (Å²) >= 11 is 3.02. The number of hydrogen-bond acceptors (Lipinski definition) is 7. The first kappa shape index (κ1) is 21.5. The number of hydrogen-bond donors (Lipinski definition) is 1. The number of ether oxygens (including phenoxy) is 1. The zero-order valence-corrected chi connectivity index (χ0v) is 18.4. The molecule has 29 heavy (non-hydrogen) atoms. The third-order valence-corrected chi connectivity index (χ3v) is 7.58. The van der Waals surface area contributed by atoms with Crippen LogP contribution >= 0.6 is 23.1 Å². The van der Waals surface area contributed by atoms with Crippen LogP contribution in [-0.2, 0) is 14.8 Å². The molecule has 0 fully saturated rings. The number of nitrogens with one attached hydrogen (secondary N) is 1. The minimum absolute atomic E-state index is 0.0362. The molecule has 152 valence electrons. The van der Waals surface area contributed by atoms with Gasteiger partial charge in [0.25, 0.3) is 0 Å². The van der Waals surface area contributed by atoms with Crippen molar-refractivity contribution in [1.82, 2.24) is 9.71 Å². The van der Waals surface area contributed by atoms with Crippen molar-refractivity contribution in [2.75, 3.05) is 19.4 Å². The number of nitrogens with zero attached hydrogens (tertiary/aromatic N) is 1. The first-order valence-corrected chi connectivity index (χ1v) is 12.1. The molecule has 0 aliphatic rings. The standard InChI is InChI=1S/C20H20N2O4S3/c1-14-8-9-16(12-17(14)19(23)26-2)29(24,25)21-10-11-27-20-22-18(13-28-20)15-6-4-3-5-7-15/h3-9,12-13,21H,10-11H2,1-2H3. The number of esters is 1. The summed E-state index contributed by atoms with van der Waals surface area (Å²) in [4.78, 5) is 16.4. The smallest absolute Gasteiger partial charge is 0.338 e. The van der Waals surface area contributed by atoms with Gasteiger partial charge < -0.3 is 4.74 Å². The number of thiazole rings is 1. The Morgan fingerprint density at radius 2 is 1.97 bits per heavy atom. The van der Waals surface area contributed by atoms with E-state index < -0.39 is 16.0 Å². The second-order valence-corrected chi connectivity index (χ2v) is 10.0. The molecule has 3 rings (SSSR count). The Labute approximate surface area is 178 Å².